The Kier molecular flexibility index (Phi) is 7.48. The van der Waals surface area contributed by atoms with Crippen molar-refractivity contribution in [2.45, 2.75) is 57.5 Å². The van der Waals surface area contributed by atoms with Gasteiger partial charge in [-0.05, 0) is 57.1 Å². The zero-order valence-corrected chi connectivity index (χ0v) is 18.0. The molecule has 1 fully saturated rings. The Labute approximate surface area is 182 Å². The summed E-state index contributed by atoms with van der Waals surface area (Å²) in [6.07, 6.45) is 3.77. The highest BCUT2D eigenvalue weighted by atomic mass is 16.4. The SMILES string of the molecule is CC(=O)C[C@H](C(=O)O)C1(O)CCN(C(=O)NCCCc2ccc3c(n2)NCCC3)CC1. The predicted molar refractivity (Wildman–Crippen MR) is 115 cm³/mol. The lowest BCUT2D eigenvalue weighted by molar-refractivity contribution is -0.158. The van der Waals surface area contributed by atoms with Crippen molar-refractivity contribution in [3.05, 3.63) is 23.4 Å². The molecule has 1 atom stereocenters. The number of pyridine rings is 1. The number of carboxylic acid groups (broad SMARTS) is 1. The first kappa shape index (κ1) is 23.0. The minimum atomic E-state index is -1.47. The molecule has 2 aliphatic heterocycles. The summed E-state index contributed by atoms with van der Waals surface area (Å²) >= 11 is 0. The second kappa shape index (κ2) is 10.1. The number of hydrogen-bond acceptors (Lipinski definition) is 6. The molecule has 31 heavy (non-hydrogen) atoms. The summed E-state index contributed by atoms with van der Waals surface area (Å²) in [5, 5.41) is 26.4. The van der Waals surface area contributed by atoms with Gasteiger partial charge in [0.25, 0.3) is 0 Å². The molecule has 0 unspecified atom stereocenters. The number of amides is 2. The minimum Gasteiger partial charge on any atom is -0.481 e. The second-order valence-corrected chi connectivity index (χ2v) is 8.56. The van der Waals surface area contributed by atoms with Gasteiger partial charge < -0.3 is 30.5 Å². The number of hydrogen-bond donors (Lipinski definition) is 4. The van der Waals surface area contributed by atoms with E-state index in [1.54, 1.807) is 4.90 Å². The van der Waals surface area contributed by atoms with Crippen LogP contribution in [0.25, 0.3) is 0 Å². The summed E-state index contributed by atoms with van der Waals surface area (Å²) in [4.78, 5) is 41.6. The predicted octanol–water partition coefficient (Wildman–Crippen LogP) is 1.59. The van der Waals surface area contributed by atoms with Gasteiger partial charge in [0.15, 0.2) is 0 Å². The molecule has 4 N–H and O–H groups in total. The lowest BCUT2D eigenvalue weighted by Crippen LogP contribution is -2.54. The van der Waals surface area contributed by atoms with E-state index >= 15 is 0 Å². The molecule has 9 nitrogen and oxygen atoms in total. The molecule has 3 rings (SSSR count). The topological polar surface area (TPSA) is 132 Å². The number of nitrogens with zero attached hydrogens (tertiary/aromatic N) is 2. The zero-order chi connectivity index (χ0) is 22.4. The quantitative estimate of drug-likeness (QED) is 0.459. The van der Waals surface area contributed by atoms with E-state index in [0.717, 1.165) is 43.7 Å². The maximum absolute atomic E-state index is 12.4. The van der Waals surface area contributed by atoms with Crippen molar-refractivity contribution >= 4 is 23.6 Å². The Bertz CT molecular complexity index is 820. The Morgan fingerprint density at radius 3 is 2.71 bits per heavy atom. The van der Waals surface area contributed by atoms with Gasteiger partial charge >= 0.3 is 12.0 Å². The number of rotatable bonds is 8. The van der Waals surface area contributed by atoms with E-state index in [9.17, 15) is 24.6 Å². The van der Waals surface area contributed by atoms with Crippen molar-refractivity contribution in [1.82, 2.24) is 15.2 Å². The van der Waals surface area contributed by atoms with Gasteiger partial charge in [-0.1, -0.05) is 6.07 Å². The number of likely N-dealkylation sites (tertiary alicyclic amines) is 1. The van der Waals surface area contributed by atoms with Gasteiger partial charge in [-0.3, -0.25) is 4.79 Å². The molecule has 0 aliphatic carbocycles. The van der Waals surface area contributed by atoms with Crippen LogP contribution >= 0.6 is 0 Å². The summed E-state index contributed by atoms with van der Waals surface area (Å²) in [6, 6.07) is 3.94. The van der Waals surface area contributed by atoms with Gasteiger partial charge in [0, 0.05) is 38.3 Å². The van der Waals surface area contributed by atoms with Crippen LogP contribution in [0.15, 0.2) is 12.1 Å². The first-order chi connectivity index (χ1) is 14.8. The normalized spacial score (nSPS) is 18.5. The fourth-order valence-corrected chi connectivity index (χ4v) is 4.32. The second-order valence-electron chi connectivity index (χ2n) is 8.56. The number of anilines is 1. The van der Waals surface area contributed by atoms with E-state index in [1.165, 1.54) is 12.5 Å². The van der Waals surface area contributed by atoms with Crippen LogP contribution in [-0.2, 0) is 22.4 Å². The van der Waals surface area contributed by atoms with Crippen LogP contribution in [-0.4, -0.2) is 69.7 Å². The number of carbonyl (C=O) groups is 3. The fraction of sp³-hybridized carbons (Fsp3) is 0.636. The summed E-state index contributed by atoms with van der Waals surface area (Å²) in [5.74, 6) is -1.63. The first-order valence-corrected chi connectivity index (χ1v) is 11.0. The molecule has 1 aromatic heterocycles. The number of aliphatic hydroxyl groups is 1. The smallest absolute Gasteiger partial charge is 0.317 e. The number of urea groups is 1. The van der Waals surface area contributed by atoms with E-state index in [0.29, 0.717) is 6.54 Å². The van der Waals surface area contributed by atoms with Crippen molar-refractivity contribution in [1.29, 1.82) is 0 Å². The molecule has 1 saturated heterocycles. The van der Waals surface area contributed by atoms with Gasteiger partial charge in [0.1, 0.15) is 11.6 Å². The molecular formula is C22H32N4O5. The Morgan fingerprint density at radius 1 is 1.29 bits per heavy atom. The molecular weight excluding hydrogens is 400 g/mol. The average Bonchev–Trinajstić information content (AvgIpc) is 2.75. The maximum Gasteiger partial charge on any atom is 0.317 e. The van der Waals surface area contributed by atoms with Gasteiger partial charge in [-0.15, -0.1) is 0 Å². The highest BCUT2D eigenvalue weighted by molar-refractivity contribution is 5.83. The number of Topliss-reactive ketones (excluding diaryl/α,β-unsaturated/α-hetero) is 1. The molecule has 9 heteroatoms. The molecule has 0 radical (unpaired) electrons. The highest BCUT2D eigenvalue weighted by Crippen LogP contribution is 2.32. The standard InChI is InChI=1S/C22H32N4O5/c1-15(27)14-18(20(28)29)22(31)8-12-26(13-9-22)21(30)24-11-3-5-17-7-6-16-4-2-10-23-19(16)25-17/h6-7,18,31H,2-5,8-14H2,1H3,(H,23,25)(H,24,30)(H,28,29)/t18-/m1/s1. The minimum absolute atomic E-state index is 0.136. The van der Waals surface area contributed by atoms with E-state index in [-0.39, 0.29) is 44.2 Å². The summed E-state index contributed by atoms with van der Waals surface area (Å²) in [5.41, 5.74) is 0.776. The van der Waals surface area contributed by atoms with Crippen LogP contribution in [0.1, 0.15) is 50.3 Å². The lowest BCUT2D eigenvalue weighted by Gasteiger charge is -2.41. The molecule has 0 saturated carbocycles. The fourth-order valence-electron chi connectivity index (χ4n) is 4.32. The number of piperidine rings is 1. The summed E-state index contributed by atoms with van der Waals surface area (Å²) in [7, 11) is 0. The van der Waals surface area contributed by atoms with E-state index < -0.39 is 17.5 Å². The van der Waals surface area contributed by atoms with Crippen molar-refractivity contribution < 1.29 is 24.6 Å². The maximum atomic E-state index is 12.4. The number of nitrogens with one attached hydrogen (secondary N) is 2. The van der Waals surface area contributed by atoms with E-state index in [4.69, 9.17) is 0 Å². The zero-order valence-electron chi connectivity index (χ0n) is 18.0. The monoisotopic (exact) mass is 432 g/mol. The van der Waals surface area contributed by atoms with Crippen LogP contribution in [0.5, 0.6) is 0 Å². The largest absolute Gasteiger partial charge is 0.481 e. The number of aromatic nitrogens is 1. The van der Waals surface area contributed by atoms with Crippen LogP contribution in [0, 0.1) is 5.92 Å². The van der Waals surface area contributed by atoms with Gasteiger partial charge in [-0.2, -0.15) is 0 Å². The average molecular weight is 433 g/mol. The van der Waals surface area contributed by atoms with Crippen molar-refractivity contribution in [2.75, 3.05) is 31.5 Å². The molecule has 0 spiro atoms. The molecule has 0 bridgehead atoms. The third-order valence-electron chi connectivity index (χ3n) is 6.19. The van der Waals surface area contributed by atoms with Crippen LogP contribution in [0.2, 0.25) is 0 Å². The van der Waals surface area contributed by atoms with E-state index in [2.05, 4.69) is 21.7 Å². The Hall–Kier alpha value is -2.68. The van der Waals surface area contributed by atoms with Crippen molar-refractivity contribution in [3.63, 3.8) is 0 Å². The molecule has 2 amide bonds. The van der Waals surface area contributed by atoms with Crippen LogP contribution in [0.3, 0.4) is 0 Å². The number of ketones is 1. The molecule has 1 aromatic rings. The third-order valence-corrected chi connectivity index (χ3v) is 6.19. The van der Waals surface area contributed by atoms with E-state index in [1.807, 2.05) is 6.07 Å². The van der Waals surface area contributed by atoms with Crippen LogP contribution < -0.4 is 10.6 Å². The first-order valence-electron chi connectivity index (χ1n) is 11.0. The number of carbonyl (C=O) groups excluding carboxylic acids is 2. The number of carboxylic acids is 1. The molecule has 2 aliphatic rings. The number of aliphatic carboxylic acids is 1. The van der Waals surface area contributed by atoms with Gasteiger partial charge in [0.05, 0.1) is 11.5 Å². The third kappa shape index (κ3) is 5.94. The van der Waals surface area contributed by atoms with Crippen LogP contribution in [0.4, 0.5) is 10.6 Å². The Balaban J connectivity index is 1.42. The molecule has 3 heterocycles. The van der Waals surface area contributed by atoms with Crippen molar-refractivity contribution in [3.8, 4) is 0 Å². The summed E-state index contributed by atoms with van der Waals surface area (Å²) in [6.45, 7) is 3.28. The number of fused-ring (bicyclic) bond motifs is 1. The van der Waals surface area contributed by atoms with Gasteiger partial charge in [-0.25, -0.2) is 9.78 Å². The number of aryl methyl sites for hydroxylation is 2. The lowest BCUT2D eigenvalue weighted by atomic mass is 9.77. The molecule has 0 aromatic carbocycles. The van der Waals surface area contributed by atoms with Crippen molar-refractivity contribution in [2.24, 2.45) is 5.92 Å². The van der Waals surface area contributed by atoms with Gasteiger partial charge in [0.2, 0.25) is 0 Å². The Morgan fingerprint density at radius 2 is 2.03 bits per heavy atom. The molecule has 170 valence electrons. The summed E-state index contributed by atoms with van der Waals surface area (Å²) < 4.78 is 0. The highest BCUT2D eigenvalue weighted by Gasteiger charge is 2.44.